The van der Waals surface area contributed by atoms with E-state index in [1.165, 1.54) is 0 Å². The zero-order valence-electron chi connectivity index (χ0n) is 12.8. The Balaban J connectivity index is 1.57. The molecule has 1 aliphatic heterocycles. The minimum absolute atomic E-state index is 0.000562. The maximum atomic E-state index is 12.2. The molecule has 1 aliphatic rings. The van der Waals surface area contributed by atoms with Crippen molar-refractivity contribution in [2.75, 3.05) is 19.8 Å². The highest BCUT2D eigenvalue weighted by atomic mass is 32.1. The number of aryl methyl sites for hydroxylation is 2. The first-order valence-corrected chi connectivity index (χ1v) is 8.19. The molecule has 4 nitrogen and oxygen atoms in total. The number of ether oxygens (including phenoxy) is 2. The van der Waals surface area contributed by atoms with Gasteiger partial charge < -0.3 is 14.8 Å². The van der Waals surface area contributed by atoms with Gasteiger partial charge >= 0.3 is 0 Å². The standard InChI is InChI=1S/C17H19NO3S/c1-11-9-14(12(2)22-11)17(19)18-6-5-13-3-4-15-16(10-13)21-8-7-20-15/h3-4,9-10H,5-8H2,1-2H3,(H,18,19). The molecule has 0 saturated carbocycles. The van der Waals surface area contributed by atoms with Crippen LogP contribution in [0.3, 0.4) is 0 Å². The number of benzene rings is 1. The van der Waals surface area contributed by atoms with Gasteiger partial charge in [0, 0.05) is 16.3 Å². The van der Waals surface area contributed by atoms with Crippen LogP contribution in [-0.2, 0) is 6.42 Å². The summed E-state index contributed by atoms with van der Waals surface area (Å²) in [6, 6.07) is 7.87. The zero-order chi connectivity index (χ0) is 15.5. The lowest BCUT2D eigenvalue weighted by molar-refractivity contribution is 0.0954. The first-order chi connectivity index (χ1) is 10.6. The molecule has 0 radical (unpaired) electrons. The summed E-state index contributed by atoms with van der Waals surface area (Å²) in [4.78, 5) is 14.4. The molecule has 0 atom stereocenters. The van der Waals surface area contributed by atoms with Gasteiger partial charge in [-0.25, -0.2) is 0 Å². The van der Waals surface area contributed by atoms with Crippen molar-refractivity contribution in [3.05, 3.63) is 45.1 Å². The highest BCUT2D eigenvalue weighted by Crippen LogP contribution is 2.30. The monoisotopic (exact) mass is 317 g/mol. The second-order valence-corrected chi connectivity index (χ2v) is 6.77. The molecule has 0 fully saturated rings. The summed E-state index contributed by atoms with van der Waals surface area (Å²) in [7, 11) is 0. The van der Waals surface area contributed by atoms with Crippen LogP contribution in [0, 0.1) is 13.8 Å². The van der Waals surface area contributed by atoms with Crippen molar-refractivity contribution < 1.29 is 14.3 Å². The van der Waals surface area contributed by atoms with Crippen LogP contribution < -0.4 is 14.8 Å². The third-order valence-corrected chi connectivity index (χ3v) is 4.56. The van der Waals surface area contributed by atoms with Gasteiger partial charge in [0.05, 0.1) is 5.56 Å². The van der Waals surface area contributed by atoms with Crippen molar-refractivity contribution in [1.82, 2.24) is 5.32 Å². The fraction of sp³-hybridized carbons (Fsp3) is 0.353. The van der Waals surface area contributed by atoms with Crippen LogP contribution in [0.1, 0.15) is 25.7 Å². The van der Waals surface area contributed by atoms with Crippen LogP contribution in [0.5, 0.6) is 11.5 Å². The summed E-state index contributed by atoms with van der Waals surface area (Å²) in [5.41, 5.74) is 1.91. The Morgan fingerprint density at radius 3 is 2.68 bits per heavy atom. The molecule has 116 valence electrons. The summed E-state index contributed by atoms with van der Waals surface area (Å²) < 4.78 is 11.1. The van der Waals surface area contributed by atoms with Gasteiger partial charge in [-0.1, -0.05) is 6.07 Å². The summed E-state index contributed by atoms with van der Waals surface area (Å²) >= 11 is 1.65. The first kappa shape index (κ1) is 14.9. The van der Waals surface area contributed by atoms with Crippen molar-refractivity contribution >= 4 is 17.2 Å². The van der Waals surface area contributed by atoms with E-state index in [0.29, 0.717) is 19.8 Å². The number of thiophene rings is 1. The zero-order valence-corrected chi connectivity index (χ0v) is 13.6. The van der Waals surface area contributed by atoms with E-state index in [1.807, 2.05) is 38.1 Å². The van der Waals surface area contributed by atoms with Gasteiger partial charge in [0.1, 0.15) is 13.2 Å². The Morgan fingerprint density at radius 2 is 1.95 bits per heavy atom. The van der Waals surface area contributed by atoms with E-state index in [4.69, 9.17) is 9.47 Å². The third kappa shape index (κ3) is 3.25. The van der Waals surface area contributed by atoms with Crippen LogP contribution in [0.4, 0.5) is 0 Å². The van der Waals surface area contributed by atoms with Crippen LogP contribution in [-0.4, -0.2) is 25.7 Å². The van der Waals surface area contributed by atoms with E-state index in [-0.39, 0.29) is 5.91 Å². The van der Waals surface area contributed by atoms with Crippen LogP contribution in [0.25, 0.3) is 0 Å². The summed E-state index contributed by atoms with van der Waals surface area (Å²) in [5.74, 6) is 1.59. The summed E-state index contributed by atoms with van der Waals surface area (Å²) in [5, 5.41) is 2.98. The van der Waals surface area contributed by atoms with E-state index in [2.05, 4.69) is 5.32 Å². The number of fused-ring (bicyclic) bond motifs is 1. The average Bonchev–Trinajstić information content (AvgIpc) is 2.86. The highest BCUT2D eigenvalue weighted by Gasteiger charge is 2.13. The largest absolute Gasteiger partial charge is 0.486 e. The van der Waals surface area contributed by atoms with E-state index in [9.17, 15) is 4.79 Å². The molecule has 1 N–H and O–H groups in total. The molecular weight excluding hydrogens is 298 g/mol. The Labute approximate surface area is 134 Å². The summed E-state index contributed by atoms with van der Waals surface area (Å²) in [6.45, 7) is 5.79. The van der Waals surface area contributed by atoms with Crippen molar-refractivity contribution in [2.24, 2.45) is 0 Å². The van der Waals surface area contributed by atoms with Gasteiger partial charge in [-0.3, -0.25) is 4.79 Å². The highest BCUT2D eigenvalue weighted by molar-refractivity contribution is 7.12. The van der Waals surface area contributed by atoms with Crippen LogP contribution in [0.15, 0.2) is 24.3 Å². The van der Waals surface area contributed by atoms with Gasteiger partial charge in [0.25, 0.3) is 5.91 Å². The normalized spacial score (nSPS) is 13.0. The van der Waals surface area contributed by atoms with E-state index in [1.54, 1.807) is 11.3 Å². The lowest BCUT2D eigenvalue weighted by atomic mass is 10.1. The minimum Gasteiger partial charge on any atom is -0.486 e. The smallest absolute Gasteiger partial charge is 0.252 e. The number of hydrogen-bond donors (Lipinski definition) is 1. The van der Waals surface area contributed by atoms with E-state index >= 15 is 0 Å². The predicted molar refractivity (Wildman–Crippen MR) is 87.3 cm³/mol. The van der Waals surface area contributed by atoms with Crippen molar-refractivity contribution in [3.8, 4) is 11.5 Å². The molecule has 2 heterocycles. The predicted octanol–water partition coefficient (Wildman–Crippen LogP) is 3.11. The van der Waals surface area contributed by atoms with Crippen molar-refractivity contribution in [2.45, 2.75) is 20.3 Å². The van der Waals surface area contributed by atoms with Crippen molar-refractivity contribution in [3.63, 3.8) is 0 Å². The molecule has 0 aliphatic carbocycles. The Bertz CT molecular complexity index is 693. The molecular formula is C17H19NO3S. The summed E-state index contributed by atoms with van der Waals surface area (Å²) in [6.07, 6.45) is 0.768. The van der Waals surface area contributed by atoms with Gasteiger partial charge in [0.15, 0.2) is 11.5 Å². The topological polar surface area (TPSA) is 47.6 Å². The van der Waals surface area contributed by atoms with Gasteiger partial charge in [-0.15, -0.1) is 11.3 Å². The molecule has 2 aromatic rings. The molecule has 1 amide bonds. The van der Waals surface area contributed by atoms with Gasteiger partial charge in [0.2, 0.25) is 0 Å². The molecule has 5 heteroatoms. The molecule has 0 saturated heterocycles. The lowest BCUT2D eigenvalue weighted by Crippen LogP contribution is -2.25. The molecule has 0 unspecified atom stereocenters. The maximum absolute atomic E-state index is 12.2. The number of carbonyl (C=O) groups excluding carboxylic acids is 1. The van der Waals surface area contributed by atoms with E-state index in [0.717, 1.165) is 38.8 Å². The number of nitrogens with one attached hydrogen (secondary N) is 1. The SMILES string of the molecule is Cc1cc(C(=O)NCCc2ccc3c(c2)OCCO3)c(C)s1. The molecule has 1 aromatic carbocycles. The molecule has 22 heavy (non-hydrogen) atoms. The third-order valence-electron chi connectivity index (χ3n) is 3.59. The maximum Gasteiger partial charge on any atom is 0.252 e. The molecule has 1 aromatic heterocycles. The van der Waals surface area contributed by atoms with Crippen LogP contribution in [0.2, 0.25) is 0 Å². The van der Waals surface area contributed by atoms with Gasteiger partial charge in [-0.05, 0) is 44.0 Å². The second kappa shape index (κ2) is 6.40. The fourth-order valence-corrected chi connectivity index (χ4v) is 3.44. The lowest BCUT2D eigenvalue weighted by Gasteiger charge is -2.18. The van der Waals surface area contributed by atoms with E-state index < -0.39 is 0 Å². The minimum atomic E-state index is -0.000562. The number of amides is 1. The Morgan fingerprint density at radius 1 is 1.18 bits per heavy atom. The molecule has 0 bridgehead atoms. The van der Waals surface area contributed by atoms with Gasteiger partial charge in [-0.2, -0.15) is 0 Å². The fourth-order valence-electron chi connectivity index (χ4n) is 2.52. The molecule has 0 spiro atoms. The number of hydrogen-bond acceptors (Lipinski definition) is 4. The Kier molecular flexibility index (Phi) is 4.34. The number of carbonyl (C=O) groups is 1. The Hall–Kier alpha value is -2.01. The second-order valence-electron chi connectivity index (χ2n) is 5.31. The van der Waals surface area contributed by atoms with Crippen LogP contribution >= 0.6 is 11.3 Å². The number of rotatable bonds is 4. The molecule has 3 rings (SSSR count). The quantitative estimate of drug-likeness (QED) is 0.942. The average molecular weight is 317 g/mol. The first-order valence-electron chi connectivity index (χ1n) is 7.37. The van der Waals surface area contributed by atoms with Crippen molar-refractivity contribution in [1.29, 1.82) is 0 Å².